The van der Waals surface area contributed by atoms with Crippen molar-refractivity contribution in [2.45, 2.75) is 12.5 Å². The van der Waals surface area contributed by atoms with Crippen LogP contribution in [0, 0.1) is 0 Å². The number of rotatable bonds is 5. The van der Waals surface area contributed by atoms with Crippen LogP contribution in [0.4, 0.5) is 0 Å². The highest BCUT2D eigenvalue weighted by Gasteiger charge is 2.15. The molecule has 5 nitrogen and oxygen atoms in total. The van der Waals surface area contributed by atoms with Crippen molar-refractivity contribution in [1.82, 2.24) is 0 Å². The molecule has 0 spiro atoms. The second-order valence-corrected chi connectivity index (χ2v) is 3.55. The van der Waals surface area contributed by atoms with Crippen molar-refractivity contribution < 1.29 is 19.0 Å². The highest BCUT2D eigenvalue weighted by molar-refractivity contribution is 5.75. The van der Waals surface area contributed by atoms with Crippen molar-refractivity contribution in [3.63, 3.8) is 0 Å². The Kier molecular flexibility index (Phi) is 4.78. The molecular formula is C12H17NO4. The fourth-order valence-electron chi connectivity index (χ4n) is 1.47. The van der Waals surface area contributed by atoms with Gasteiger partial charge in [0.2, 0.25) is 0 Å². The van der Waals surface area contributed by atoms with E-state index in [2.05, 4.69) is 4.74 Å². The van der Waals surface area contributed by atoms with Crippen LogP contribution < -0.4 is 15.2 Å². The summed E-state index contributed by atoms with van der Waals surface area (Å²) in [6.07, 6.45) is 0.375. The van der Waals surface area contributed by atoms with Crippen molar-refractivity contribution >= 4 is 5.97 Å². The normalized spacial score (nSPS) is 11.8. The van der Waals surface area contributed by atoms with E-state index in [1.807, 2.05) is 12.1 Å². The summed E-state index contributed by atoms with van der Waals surface area (Å²) in [5.41, 5.74) is 6.55. The molecule has 0 unspecified atom stereocenters. The molecule has 0 bridgehead atoms. The first-order valence-electron chi connectivity index (χ1n) is 5.16. The maximum Gasteiger partial charge on any atom is 0.322 e. The smallest absolute Gasteiger partial charge is 0.322 e. The van der Waals surface area contributed by atoms with Crippen LogP contribution in [0.15, 0.2) is 18.2 Å². The lowest BCUT2D eigenvalue weighted by Gasteiger charge is -2.11. The molecule has 0 saturated carbocycles. The van der Waals surface area contributed by atoms with E-state index in [1.54, 1.807) is 20.3 Å². The quantitative estimate of drug-likeness (QED) is 0.768. The minimum atomic E-state index is -0.684. The Morgan fingerprint density at radius 3 is 2.12 bits per heavy atom. The summed E-state index contributed by atoms with van der Waals surface area (Å²) in [5, 5.41) is 0. The van der Waals surface area contributed by atoms with E-state index in [4.69, 9.17) is 15.2 Å². The van der Waals surface area contributed by atoms with Gasteiger partial charge in [-0.15, -0.1) is 0 Å². The van der Waals surface area contributed by atoms with Gasteiger partial charge in [-0.2, -0.15) is 0 Å². The van der Waals surface area contributed by atoms with E-state index in [-0.39, 0.29) is 0 Å². The highest BCUT2D eigenvalue weighted by atomic mass is 16.5. The Morgan fingerprint density at radius 1 is 1.18 bits per heavy atom. The summed E-state index contributed by atoms with van der Waals surface area (Å²) >= 11 is 0. The van der Waals surface area contributed by atoms with Gasteiger partial charge in [-0.05, 0) is 24.1 Å². The molecule has 0 aliphatic heterocycles. The van der Waals surface area contributed by atoms with E-state index in [0.717, 1.165) is 5.56 Å². The highest BCUT2D eigenvalue weighted by Crippen LogP contribution is 2.23. The van der Waals surface area contributed by atoms with Gasteiger partial charge in [0.05, 0.1) is 21.3 Å². The van der Waals surface area contributed by atoms with Crippen molar-refractivity contribution in [2.24, 2.45) is 5.73 Å². The second-order valence-electron chi connectivity index (χ2n) is 3.55. The summed E-state index contributed by atoms with van der Waals surface area (Å²) in [4.78, 5) is 11.2. The molecule has 1 rings (SSSR count). The Hall–Kier alpha value is -1.75. The third-order valence-electron chi connectivity index (χ3n) is 2.37. The van der Waals surface area contributed by atoms with Crippen molar-refractivity contribution in [3.8, 4) is 11.5 Å². The van der Waals surface area contributed by atoms with E-state index < -0.39 is 12.0 Å². The molecule has 0 saturated heterocycles. The Morgan fingerprint density at radius 2 is 1.71 bits per heavy atom. The molecule has 1 atom stereocenters. The maximum atomic E-state index is 11.2. The number of carbonyl (C=O) groups is 1. The number of carbonyl (C=O) groups excluding carboxylic acids is 1. The van der Waals surface area contributed by atoms with Crippen molar-refractivity contribution in [3.05, 3.63) is 23.8 Å². The molecule has 17 heavy (non-hydrogen) atoms. The first-order valence-corrected chi connectivity index (χ1v) is 5.16. The van der Waals surface area contributed by atoms with Gasteiger partial charge in [-0.1, -0.05) is 0 Å². The summed E-state index contributed by atoms with van der Waals surface area (Å²) in [6.45, 7) is 0. The van der Waals surface area contributed by atoms with Crippen molar-refractivity contribution in [1.29, 1.82) is 0 Å². The first-order chi connectivity index (χ1) is 8.10. The molecule has 0 radical (unpaired) electrons. The molecule has 0 aliphatic rings. The molecule has 2 N–H and O–H groups in total. The van der Waals surface area contributed by atoms with E-state index in [0.29, 0.717) is 17.9 Å². The van der Waals surface area contributed by atoms with Crippen LogP contribution in [0.25, 0.3) is 0 Å². The number of hydrogen-bond acceptors (Lipinski definition) is 5. The van der Waals surface area contributed by atoms with Crippen LogP contribution in [0.1, 0.15) is 5.56 Å². The Labute approximate surface area is 100 Å². The van der Waals surface area contributed by atoms with Gasteiger partial charge in [0.1, 0.15) is 17.5 Å². The number of benzene rings is 1. The number of hydrogen-bond donors (Lipinski definition) is 1. The zero-order valence-corrected chi connectivity index (χ0v) is 10.2. The molecule has 0 fully saturated rings. The predicted octanol–water partition coefficient (Wildman–Crippen LogP) is 0.747. The fraction of sp³-hybridized carbons (Fsp3) is 0.417. The van der Waals surface area contributed by atoms with Crippen LogP contribution in [0.3, 0.4) is 0 Å². The van der Waals surface area contributed by atoms with E-state index in [9.17, 15) is 4.79 Å². The SMILES string of the molecule is COC(=O)[C@H](N)Cc1cc(OC)cc(OC)c1. The van der Waals surface area contributed by atoms with Gasteiger partial charge in [-0.25, -0.2) is 0 Å². The lowest BCUT2D eigenvalue weighted by Crippen LogP contribution is -2.33. The standard InChI is InChI=1S/C12H17NO4/c1-15-9-4-8(5-10(7-9)16-2)6-11(13)12(14)17-3/h4-5,7,11H,6,13H2,1-3H3/t11-/m1/s1. The Balaban J connectivity index is 2.86. The van der Waals surface area contributed by atoms with E-state index >= 15 is 0 Å². The minimum Gasteiger partial charge on any atom is -0.497 e. The summed E-state index contributed by atoms with van der Waals surface area (Å²) < 4.78 is 14.8. The monoisotopic (exact) mass is 239 g/mol. The Bertz CT molecular complexity index is 370. The third-order valence-corrected chi connectivity index (χ3v) is 2.37. The van der Waals surface area contributed by atoms with Crippen LogP contribution in [-0.4, -0.2) is 33.3 Å². The minimum absolute atomic E-state index is 0.375. The topological polar surface area (TPSA) is 70.8 Å². The molecule has 0 aliphatic carbocycles. The number of methoxy groups -OCH3 is 3. The van der Waals surface area contributed by atoms with E-state index in [1.165, 1.54) is 7.11 Å². The fourth-order valence-corrected chi connectivity index (χ4v) is 1.47. The van der Waals surface area contributed by atoms with Crippen LogP contribution in [0.5, 0.6) is 11.5 Å². The second kappa shape index (κ2) is 6.10. The lowest BCUT2D eigenvalue weighted by molar-refractivity contribution is -0.142. The van der Waals surface area contributed by atoms with Gasteiger partial charge in [-0.3, -0.25) is 4.79 Å². The predicted molar refractivity (Wildman–Crippen MR) is 63.2 cm³/mol. The summed E-state index contributed by atoms with van der Waals surface area (Å²) in [7, 11) is 4.45. The van der Waals surface area contributed by atoms with Crippen LogP contribution in [0.2, 0.25) is 0 Å². The van der Waals surface area contributed by atoms with Crippen LogP contribution >= 0.6 is 0 Å². The molecule has 0 aromatic heterocycles. The first kappa shape index (κ1) is 13.3. The molecule has 0 amide bonds. The van der Waals surface area contributed by atoms with Crippen molar-refractivity contribution in [2.75, 3.05) is 21.3 Å². The molecule has 5 heteroatoms. The van der Waals surface area contributed by atoms with Gasteiger partial charge >= 0.3 is 5.97 Å². The number of esters is 1. The molecule has 0 heterocycles. The molecule has 94 valence electrons. The lowest BCUT2D eigenvalue weighted by atomic mass is 10.1. The van der Waals surface area contributed by atoms with Crippen LogP contribution in [-0.2, 0) is 16.0 Å². The molecule has 1 aromatic carbocycles. The van der Waals surface area contributed by atoms with Gasteiger partial charge in [0.15, 0.2) is 0 Å². The zero-order chi connectivity index (χ0) is 12.8. The number of nitrogens with two attached hydrogens (primary N) is 1. The molecule has 1 aromatic rings. The average molecular weight is 239 g/mol. The van der Waals surface area contributed by atoms with Gasteiger partial charge < -0.3 is 19.9 Å². The third kappa shape index (κ3) is 3.64. The summed E-state index contributed by atoms with van der Waals surface area (Å²) in [6, 6.07) is 4.70. The largest absolute Gasteiger partial charge is 0.497 e. The summed E-state index contributed by atoms with van der Waals surface area (Å²) in [5.74, 6) is 0.889. The number of ether oxygens (including phenoxy) is 3. The zero-order valence-electron chi connectivity index (χ0n) is 10.2. The maximum absolute atomic E-state index is 11.2. The average Bonchev–Trinajstić information content (AvgIpc) is 2.36. The molecular weight excluding hydrogens is 222 g/mol. The van der Waals surface area contributed by atoms with Gasteiger partial charge in [0, 0.05) is 6.07 Å². The van der Waals surface area contributed by atoms with Gasteiger partial charge in [0.25, 0.3) is 0 Å².